The summed E-state index contributed by atoms with van der Waals surface area (Å²) in [6.45, 7) is 5.64. The van der Waals surface area contributed by atoms with Gasteiger partial charge >= 0.3 is 0 Å². The van der Waals surface area contributed by atoms with Crippen molar-refractivity contribution in [2.45, 2.75) is 19.9 Å². The fourth-order valence-corrected chi connectivity index (χ4v) is 1.74. The van der Waals surface area contributed by atoms with E-state index in [1.807, 2.05) is 6.92 Å². The van der Waals surface area contributed by atoms with Crippen LogP contribution in [0.15, 0.2) is 0 Å². The Morgan fingerprint density at radius 1 is 1.64 bits per heavy atom. The molecule has 0 saturated carbocycles. The second-order valence-corrected chi connectivity index (χ2v) is 4.22. The lowest BCUT2D eigenvalue weighted by molar-refractivity contribution is -0.137. The van der Waals surface area contributed by atoms with Crippen molar-refractivity contribution in [3.8, 4) is 0 Å². The standard InChI is InChI=1S/C10H20N2O2/c1-7-4-11-5-9(7)10(14)12(3)8(2)6-13/h7-9,11,13H,4-6H2,1-3H3/t7-,8?,9-/m1/s1. The Morgan fingerprint density at radius 3 is 2.71 bits per heavy atom. The van der Waals surface area contributed by atoms with Crippen molar-refractivity contribution in [3.05, 3.63) is 0 Å². The number of nitrogens with one attached hydrogen (secondary N) is 1. The lowest BCUT2D eigenvalue weighted by Crippen LogP contribution is -2.42. The Kier molecular flexibility index (Phi) is 3.89. The minimum Gasteiger partial charge on any atom is -0.394 e. The molecule has 1 aliphatic heterocycles. The fourth-order valence-electron chi connectivity index (χ4n) is 1.74. The molecule has 82 valence electrons. The number of nitrogens with zero attached hydrogens (tertiary/aromatic N) is 1. The van der Waals surface area contributed by atoms with Crippen molar-refractivity contribution in [2.75, 3.05) is 26.7 Å². The van der Waals surface area contributed by atoms with Gasteiger partial charge in [-0.2, -0.15) is 0 Å². The summed E-state index contributed by atoms with van der Waals surface area (Å²) in [5, 5.41) is 12.2. The molecule has 0 spiro atoms. The fraction of sp³-hybridized carbons (Fsp3) is 0.900. The van der Waals surface area contributed by atoms with Gasteiger partial charge in [-0.3, -0.25) is 4.79 Å². The Labute approximate surface area is 85.3 Å². The predicted octanol–water partition coefficient (Wildman–Crippen LogP) is -0.319. The second-order valence-electron chi connectivity index (χ2n) is 4.22. The number of hydrogen-bond donors (Lipinski definition) is 2. The number of likely N-dealkylation sites (N-methyl/N-ethyl adjacent to an activating group) is 1. The van der Waals surface area contributed by atoms with E-state index in [2.05, 4.69) is 12.2 Å². The van der Waals surface area contributed by atoms with Gasteiger partial charge in [0, 0.05) is 13.6 Å². The van der Waals surface area contributed by atoms with E-state index in [0.717, 1.165) is 13.1 Å². The predicted molar refractivity (Wildman–Crippen MR) is 54.8 cm³/mol. The summed E-state index contributed by atoms with van der Waals surface area (Å²) in [4.78, 5) is 13.6. The van der Waals surface area contributed by atoms with Crippen LogP contribution >= 0.6 is 0 Å². The quantitative estimate of drug-likeness (QED) is 0.656. The summed E-state index contributed by atoms with van der Waals surface area (Å²) in [5.41, 5.74) is 0. The lowest BCUT2D eigenvalue weighted by Gasteiger charge is -2.27. The maximum atomic E-state index is 11.9. The van der Waals surface area contributed by atoms with E-state index in [1.54, 1.807) is 11.9 Å². The number of carbonyl (C=O) groups is 1. The molecular formula is C10H20N2O2. The third-order valence-electron chi connectivity index (χ3n) is 3.11. The molecular weight excluding hydrogens is 180 g/mol. The Morgan fingerprint density at radius 2 is 2.29 bits per heavy atom. The Hall–Kier alpha value is -0.610. The molecule has 4 nitrogen and oxygen atoms in total. The largest absolute Gasteiger partial charge is 0.394 e. The van der Waals surface area contributed by atoms with Gasteiger partial charge in [0.15, 0.2) is 0 Å². The molecule has 0 aromatic carbocycles. The number of aliphatic hydroxyl groups is 1. The van der Waals surface area contributed by atoms with Crippen LogP contribution in [0.2, 0.25) is 0 Å². The highest BCUT2D eigenvalue weighted by Crippen LogP contribution is 2.18. The normalized spacial score (nSPS) is 28.9. The zero-order valence-corrected chi connectivity index (χ0v) is 9.16. The molecule has 1 fully saturated rings. The molecule has 14 heavy (non-hydrogen) atoms. The summed E-state index contributed by atoms with van der Waals surface area (Å²) >= 11 is 0. The Balaban J connectivity index is 2.55. The number of rotatable bonds is 3. The van der Waals surface area contributed by atoms with Crippen LogP contribution in [0.3, 0.4) is 0 Å². The average molecular weight is 200 g/mol. The molecule has 3 atom stereocenters. The van der Waals surface area contributed by atoms with Gasteiger partial charge in [-0.15, -0.1) is 0 Å². The van der Waals surface area contributed by atoms with Gasteiger partial charge in [-0.1, -0.05) is 6.92 Å². The topological polar surface area (TPSA) is 52.6 Å². The van der Waals surface area contributed by atoms with Crippen LogP contribution in [-0.4, -0.2) is 48.7 Å². The monoisotopic (exact) mass is 200 g/mol. The molecule has 0 aromatic heterocycles. The summed E-state index contributed by atoms with van der Waals surface area (Å²) in [6.07, 6.45) is 0. The molecule has 0 aliphatic carbocycles. The lowest BCUT2D eigenvalue weighted by atomic mass is 9.96. The van der Waals surface area contributed by atoms with Crippen molar-refractivity contribution in [2.24, 2.45) is 11.8 Å². The first-order valence-corrected chi connectivity index (χ1v) is 5.16. The van der Waals surface area contributed by atoms with Crippen LogP contribution in [0.1, 0.15) is 13.8 Å². The summed E-state index contributed by atoms with van der Waals surface area (Å²) in [6, 6.07) is -0.0877. The van der Waals surface area contributed by atoms with Gasteiger partial charge in [0.25, 0.3) is 0 Å². The van der Waals surface area contributed by atoms with Crippen LogP contribution in [-0.2, 0) is 4.79 Å². The third kappa shape index (κ3) is 2.25. The average Bonchev–Trinajstić information content (AvgIpc) is 2.61. The van der Waals surface area contributed by atoms with E-state index in [4.69, 9.17) is 5.11 Å². The first kappa shape index (κ1) is 11.5. The summed E-state index contributed by atoms with van der Waals surface area (Å²) in [7, 11) is 1.76. The van der Waals surface area contributed by atoms with E-state index < -0.39 is 0 Å². The summed E-state index contributed by atoms with van der Waals surface area (Å²) < 4.78 is 0. The molecule has 1 saturated heterocycles. The number of hydrogen-bond acceptors (Lipinski definition) is 3. The highest BCUT2D eigenvalue weighted by molar-refractivity contribution is 5.79. The van der Waals surface area contributed by atoms with E-state index in [9.17, 15) is 4.79 Å². The maximum Gasteiger partial charge on any atom is 0.227 e. The number of carbonyl (C=O) groups excluding carboxylic acids is 1. The first-order valence-electron chi connectivity index (χ1n) is 5.16. The second kappa shape index (κ2) is 4.75. The van der Waals surface area contributed by atoms with E-state index in [-0.39, 0.29) is 24.5 Å². The SMILES string of the molecule is CC(CO)N(C)C(=O)[C@@H]1CNC[C@H]1C. The van der Waals surface area contributed by atoms with Crippen molar-refractivity contribution in [1.82, 2.24) is 10.2 Å². The summed E-state index contributed by atoms with van der Waals surface area (Å²) in [5.74, 6) is 0.619. The van der Waals surface area contributed by atoms with Crippen LogP contribution < -0.4 is 5.32 Å². The molecule has 0 bridgehead atoms. The maximum absolute atomic E-state index is 11.9. The van der Waals surface area contributed by atoms with Gasteiger partial charge in [0.1, 0.15) is 0 Å². The first-order chi connectivity index (χ1) is 6.57. The van der Waals surface area contributed by atoms with Gasteiger partial charge in [0.2, 0.25) is 5.91 Å². The zero-order chi connectivity index (χ0) is 10.7. The molecule has 1 amide bonds. The molecule has 1 heterocycles. The van der Waals surface area contributed by atoms with Crippen LogP contribution in [0.4, 0.5) is 0 Å². The van der Waals surface area contributed by atoms with E-state index in [1.165, 1.54) is 0 Å². The highest BCUT2D eigenvalue weighted by atomic mass is 16.3. The molecule has 1 rings (SSSR count). The third-order valence-corrected chi connectivity index (χ3v) is 3.11. The molecule has 4 heteroatoms. The van der Waals surface area contributed by atoms with Crippen LogP contribution in [0.5, 0.6) is 0 Å². The van der Waals surface area contributed by atoms with Crippen LogP contribution in [0, 0.1) is 11.8 Å². The van der Waals surface area contributed by atoms with Crippen LogP contribution in [0.25, 0.3) is 0 Å². The smallest absolute Gasteiger partial charge is 0.227 e. The minimum absolute atomic E-state index is 0.0246. The highest BCUT2D eigenvalue weighted by Gasteiger charge is 2.32. The number of aliphatic hydroxyl groups excluding tert-OH is 1. The van der Waals surface area contributed by atoms with Gasteiger partial charge in [-0.05, 0) is 19.4 Å². The van der Waals surface area contributed by atoms with E-state index >= 15 is 0 Å². The van der Waals surface area contributed by atoms with Crippen molar-refractivity contribution in [1.29, 1.82) is 0 Å². The molecule has 0 aromatic rings. The van der Waals surface area contributed by atoms with Gasteiger partial charge in [-0.25, -0.2) is 0 Å². The molecule has 0 radical (unpaired) electrons. The molecule has 1 aliphatic rings. The van der Waals surface area contributed by atoms with Gasteiger partial charge in [0.05, 0.1) is 18.6 Å². The Bertz CT molecular complexity index is 208. The van der Waals surface area contributed by atoms with Crippen molar-refractivity contribution in [3.63, 3.8) is 0 Å². The van der Waals surface area contributed by atoms with Crippen molar-refractivity contribution >= 4 is 5.91 Å². The van der Waals surface area contributed by atoms with E-state index in [0.29, 0.717) is 5.92 Å². The minimum atomic E-state index is -0.0877. The molecule has 2 N–H and O–H groups in total. The molecule has 1 unspecified atom stereocenters. The van der Waals surface area contributed by atoms with Gasteiger partial charge < -0.3 is 15.3 Å². The zero-order valence-electron chi connectivity index (χ0n) is 9.16. The van der Waals surface area contributed by atoms with Crippen molar-refractivity contribution < 1.29 is 9.90 Å². The number of amides is 1.